The van der Waals surface area contributed by atoms with E-state index in [1.165, 1.54) is 0 Å². The van der Waals surface area contributed by atoms with Crippen LogP contribution < -0.4 is 5.32 Å². The topological polar surface area (TPSA) is 49.4 Å². The van der Waals surface area contributed by atoms with E-state index in [1.807, 2.05) is 26.0 Å². The minimum absolute atomic E-state index is 0.211. The molecule has 1 saturated heterocycles. The second-order valence-corrected chi connectivity index (χ2v) is 6.39. The van der Waals surface area contributed by atoms with Gasteiger partial charge in [0.15, 0.2) is 0 Å². The highest BCUT2D eigenvalue weighted by Gasteiger charge is 2.29. The van der Waals surface area contributed by atoms with Crippen molar-refractivity contribution in [3.05, 3.63) is 29.8 Å². The summed E-state index contributed by atoms with van der Waals surface area (Å²) in [6.45, 7) is 5.63. The lowest BCUT2D eigenvalue weighted by Crippen LogP contribution is -2.51. The molecule has 94 valence electrons. The number of nitrogens with zero attached hydrogens (tertiary/aromatic N) is 1. The summed E-state index contributed by atoms with van der Waals surface area (Å²) in [6, 6.07) is 7.35. The van der Waals surface area contributed by atoms with Gasteiger partial charge in [0.1, 0.15) is 0 Å². The molecule has 0 saturated carbocycles. The van der Waals surface area contributed by atoms with Crippen LogP contribution in [-0.2, 0) is 10.0 Å². The van der Waals surface area contributed by atoms with E-state index in [-0.39, 0.29) is 6.04 Å². The van der Waals surface area contributed by atoms with E-state index in [4.69, 9.17) is 0 Å². The molecule has 1 aromatic rings. The molecular formula is C12H18N2O2S. The summed E-state index contributed by atoms with van der Waals surface area (Å²) in [4.78, 5) is 0.425. The van der Waals surface area contributed by atoms with Gasteiger partial charge in [0.25, 0.3) is 0 Å². The molecule has 0 bridgehead atoms. The van der Waals surface area contributed by atoms with Crippen molar-refractivity contribution in [2.24, 2.45) is 0 Å². The fraction of sp³-hybridized carbons (Fsp3) is 0.500. The number of nitrogens with one attached hydrogen (secondary N) is 1. The zero-order chi connectivity index (χ0) is 12.5. The molecule has 1 aliphatic heterocycles. The van der Waals surface area contributed by atoms with Gasteiger partial charge >= 0.3 is 0 Å². The van der Waals surface area contributed by atoms with Gasteiger partial charge in [-0.1, -0.05) is 18.2 Å². The molecule has 1 atom stereocenters. The molecule has 0 unspecified atom stereocenters. The first kappa shape index (κ1) is 12.5. The number of aryl methyl sites for hydroxylation is 1. The Labute approximate surface area is 103 Å². The number of sulfonamides is 1. The van der Waals surface area contributed by atoms with E-state index < -0.39 is 10.0 Å². The van der Waals surface area contributed by atoms with Crippen LogP contribution in [0.15, 0.2) is 29.2 Å². The number of benzene rings is 1. The van der Waals surface area contributed by atoms with E-state index in [0.717, 1.165) is 5.56 Å². The number of rotatable bonds is 2. The van der Waals surface area contributed by atoms with Crippen LogP contribution in [0.5, 0.6) is 0 Å². The van der Waals surface area contributed by atoms with Gasteiger partial charge in [-0.3, -0.25) is 0 Å². The Bertz CT molecular complexity index is 499. The zero-order valence-corrected chi connectivity index (χ0v) is 11.0. The Kier molecular flexibility index (Phi) is 3.51. The van der Waals surface area contributed by atoms with Gasteiger partial charge in [-0.05, 0) is 25.5 Å². The number of hydrogen-bond donors (Lipinski definition) is 1. The maximum absolute atomic E-state index is 12.5. The van der Waals surface area contributed by atoms with Crippen molar-refractivity contribution in [2.45, 2.75) is 24.8 Å². The van der Waals surface area contributed by atoms with Crippen molar-refractivity contribution < 1.29 is 8.42 Å². The predicted molar refractivity (Wildman–Crippen MR) is 67.4 cm³/mol. The summed E-state index contributed by atoms with van der Waals surface area (Å²) in [7, 11) is -3.33. The van der Waals surface area contributed by atoms with Gasteiger partial charge < -0.3 is 5.32 Å². The molecule has 0 radical (unpaired) electrons. The van der Waals surface area contributed by atoms with Crippen molar-refractivity contribution in [2.75, 3.05) is 19.6 Å². The normalized spacial score (nSPS) is 22.6. The van der Waals surface area contributed by atoms with Gasteiger partial charge in [0.2, 0.25) is 10.0 Å². The van der Waals surface area contributed by atoms with Crippen LogP contribution in [0, 0.1) is 6.92 Å². The van der Waals surface area contributed by atoms with Gasteiger partial charge in [-0.2, -0.15) is 4.31 Å². The lowest BCUT2D eigenvalue weighted by molar-refractivity contribution is 0.310. The second-order valence-electron chi connectivity index (χ2n) is 4.48. The average molecular weight is 254 g/mol. The van der Waals surface area contributed by atoms with Gasteiger partial charge in [0.05, 0.1) is 4.90 Å². The first-order valence-corrected chi connectivity index (χ1v) is 7.25. The molecule has 2 rings (SSSR count). The molecule has 0 aromatic heterocycles. The minimum Gasteiger partial charge on any atom is -0.312 e. The quantitative estimate of drug-likeness (QED) is 0.856. The Morgan fingerprint density at radius 1 is 1.35 bits per heavy atom. The van der Waals surface area contributed by atoms with Crippen LogP contribution in [0.2, 0.25) is 0 Å². The standard InChI is InChI=1S/C12H18N2O2S/c1-10-5-3-4-6-12(10)17(15,16)14-8-7-13-11(2)9-14/h3-6,11,13H,7-9H2,1-2H3/t11-/m1/s1. The Hall–Kier alpha value is -0.910. The summed E-state index contributed by atoms with van der Waals surface area (Å²) in [6.07, 6.45) is 0. The summed E-state index contributed by atoms with van der Waals surface area (Å²) >= 11 is 0. The molecule has 0 amide bonds. The largest absolute Gasteiger partial charge is 0.312 e. The first-order valence-electron chi connectivity index (χ1n) is 5.81. The Balaban J connectivity index is 2.33. The SMILES string of the molecule is Cc1ccccc1S(=O)(=O)N1CCN[C@H](C)C1. The smallest absolute Gasteiger partial charge is 0.243 e. The third-order valence-electron chi connectivity index (χ3n) is 3.04. The van der Waals surface area contributed by atoms with Gasteiger partial charge in [-0.15, -0.1) is 0 Å². The summed E-state index contributed by atoms with van der Waals surface area (Å²) in [5, 5.41) is 3.24. The van der Waals surface area contributed by atoms with Crippen LogP contribution >= 0.6 is 0 Å². The highest BCUT2D eigenvalue weighted by atomic mass is 32.2. The molecule has 1 fully saturated rings. The fourth-order valence-electron chi connectivity index (χ4n) is 2.10. The Morgan fingerprint density at radius 2 is 2.06 bits per heavy atom. The van der Waals surface area contributed by atoms with E-state index in [1.54, 1.807) is 16.4 Å². The van der Waals surface area contributed by atoms with Crippen LogP contribution in [-0.4, -0.2) is 38.4 Å². The van der Waals surface area contributed by atoms with Crippen LogP contribution in [0.3, 0.4) is 0 Å². The van der Waals surface area contributed by atoms with Crippen LogP contribution in [0.4, 0.5) is 0 Å². The minimum atomic E-state index is -3.33. The van der Waals surface area contributed by atoms with E-state index in [9.17, 15) is 8.42 Å². The maximum Gasteiger partial charge on any atom is 0.243 e. The highest BCUT2D eigenvalue weighted by Crippen LogP contribution is 2.20. The molecular weight excluding hydrogens is 236 g/mol. The molecule has 4 nitrogen and oxygen atoms in total. The van der Waals surface area contributed by atoms with Gasteiger partial charge in [-0.25, -0.2) is 8.42 Å². The van der Waals surface area contributed by atoms with Crippen LogP contribution in [0.1, 0.15) is 12.5 Å². The number of piperazine rings is 1. The average Bonchev–Trinajstić information content (AvgIpc) is 2.29. The highest BCUT2D eigenvalue weighted by molar-refractivity contribution is 7.89. The van der Waals surface area contributed by atoms with Gasteiger partial charge in [0, 0.05) is 25.7 Å². The second kappa shape index (κ2) is 4.76. The molecule has 17 heavy (non-hydrogen) atoms. The van der Waals surface area contributed by atoms with Crippen molar-refractivity contribution >= 4 is 10.0 Å². The van der Waals surface area contributed by atoms with E-state index >= 15 is 0 Å². The summed E-state index contributed by atoms with van der Waals surface area (Å²) in [5.74, 6) is 0. The molecule has 1 N–H and O–H groups in total. The summed E-state index contributed by atoms with van der Waals surface area (Å²) in [5.41, 5.74) is 0.804. The number of hydrogen-bond acceptors (Lipinski definition) is 3. The molecule has 5 heteroatoms. The third kappa shape index (κ3) is 2.51. The zero-order valence-electron chi connectivity index (χ0n) is 10.2. The molecule has 1 heterocycles. The fourth-order valence-corrected chi connectivity index (χ4v) is 3.86. The van der Waals surface area contributed by atoms with Crippen LogP contribution in [0.25, 0.3) is 0 Å². The maximum atomic E-state index is 12.5. The lowest BCUT2D eigenvalue weighted by Gasteiger charge is -2.31. The van der Waals surface area contributed by atoms with Crippen molar-refractivity contribution in [3.8, 4) is 0 Å². The van der Waals surface area contributed by atoms with Crippen molar-refractivity contribution in [1.82, 2.24) is 9.62 Å². The summed E-state index contributed by atoms with van der Waals surface area (Å²) < 4.78 is 26.5. The van der Waals surface area contributed by atoms with E-state index in [2.05, 4.69) is 5.32 Å². The van der Waals surface area contributed by atoms with E-state index in [0.29, 0.717) is 24.5 Å². The molecule has 0 spiro atoms. The predicted octanol–water partition coefficient (Wildman–Crippen LogP) is 0.977. The molecule has 1 aromatic carbocycles. The van der Waals surface area contributed by atoms with Crippen molar-refractivity contribution in [3.63, 3.8) is 0 Å². The third-order valence-corrected chi connectivity index (χ3v) is 5.07. The van der Waals surface area contributed by atoms with Crippen molar-refractivity contribution in [1.29, 1.82) is 0 Å². The first-order chi connectivity index (χ1) is 8.01. The molecule has 1 aliphatic rings. The monoisotopic (exact) mass is 254 g/mol. The Morgan fingerprint density at radius 3 is 2.71 bits per heavy atom. The molecule has 0 aliphatic carbocycles. The lowest BCUT2D eigenvalue weighted by atomic mass is 10.2.